The van der Waals surface area contributed by atoms with Crippen molar-refractivity contribution in [1.29, 1.82) is 0 Å². The van der Waals surface area contributed by atoms with Gasteiger partial charge in [-0.3, -0.25) is 9.59 Å². The van der Waals surface area contributed by atoms with Crippen LogP contribution in [0.4, 0.5) is 10.1 Å². The Morgan fingerprint density at radius 1 is 1.07 bits per heavy atom. The fourth-order valence-electron chi connectivity index (χ4n) is 3.69. The van der Waals surface area contributed by atoms with Crippen molar-refractivity contribution in [3.05, 3.63) is 47.6 Å². The number of carbonyl (C=O) groups excluding carboxylic acids is 2. The molecule has 0 aliphatic carbocycles. The third-order valence-electron chi connectivity index (χ3n) is 5.25. The molecule has 2 aromatic rings. The molecule has 3 heterocycles. The number of sulfonamides is 1. The first kappa shape index (κ1) is 20.0. The molecule has 1 aromatic carbocycles. The maximum Gasteiger partial charge on any atom is 0.252 e. The first-order valence-electron chi connectivity index (χ1n) is 9.24. The summed E-state index contributed by atoms with van der Waals surface area (Å²) in [6, 6.07) is 8.88. The van der Waals surface area contributed by atoms with Crippen molar-refractivity contribution in [2.75, 3.05) is 37.6 Å². The molecule has 2 fully saturated rings. The maximum atomic E-state index is 13.1. The molecule has 2 aliphatic heterocycles. The molecule has 0 radical (unpaired) electrons. The van der Waals surface area contributed by atoms with E-state index in [1.165, 1.54) is 44.8 Å². The molecule has 0 unspecified atom stereocenters. The van der Waals surface area contributed by atoms with Crippen molar-refractivity contribution in [3.8, 4) is 0 Å². The third-order valence-corrected chi connectivity index (χ3v) is 8.52. The lowest BCUT2D eigenvalue weighted by atomic mass is 10.1. The Bertz CT molecular complexity index is 1000. The largest absolute Gasteiger partial charge is 0.340 e. The van der Waals surface area contributed by atoms with E-state index >= 15 is 0 Å². The van der Waals surface area contributed by atoms with Crippen molar-refractivity contribution in [2.45, 2.75) is 10.6 Å². The lowest BCUT2D eigenvalue weighted by molar-refractivity contribution is -0.136. The molecular formula is C19H20FN3O4S2. The minimum Gasteiger partial charge on any atom is -0.340 e. The fraction of sp³-hybridized carbons (Fsp3) is 0.368. The van der Waals surface area contributed by atoms with Gasteiger partial charge < -0.3 is 9.80 Å². The predicted octanol–water partition coefficient (Wildman–Crippen LogP) is 1.77. The number of rotatable bonds is 4. The zero-order valence-electron chi connectivity index (χ0n) is 15.5. The van der Waals surface area contributed by atoms with E-state index in [0.717, 1.165) is 0 Å². The first-order chi connectivity index (χ1) is 13.9. The van der Waals surface area contributed by atoms with Crippen LogP contribution in [0.25, 0.3) is 0 Å². The number of carbonyl (C=O) groups is 2. The Hall–Kier alpha value is -2.30. The van der Waals surface area contributed by atoms with Crippen molar-refractivity contribution in [2.24, 2.45) is 5.92 Å². The van der Waals surface area contributed by atoms with Crippen LogP contribution in [0.2, 0.25) is 0 Å². The Labute approximate surface area is 172 Å². The molecular weight excluding hydrogens is 417 g/mol. The van der Waals surface area contributed by atoms with Gasteiger partial charge in [-0.25, -0.2) is 12.8 Å². The number of amides is 2. The molecule has 4 rings (SSSR count). The van der Waals surface area contributed by atoms with Gasteiger partial charge in [0.1, 0.15) is 10.0 Å². The molecule has 154 valence electrons. The Balaban J connectivity index is 1.38. The highest BCUT2D eigenvalue weighted by Crippen LogP contribution is 2.28. The van der Waals surface area contributed by atoms with Crippen LogP contribution >= 0.6 is 11.3 Å². The highest BCUT2D eigenvalue weighted by atomic mass is 32.2. The fourth-order valence-corrected chi connectivity index (χ4v) is 6.25. The van der Waals surface area contributed by atoms with Crippen LogP contribution in [0.3, 0.4) is 0 Å². The van der Waals surface area contributed by atoms with Crippen LogP contribution in [0, 0.1) is 11.7 Å². The zero-order valence-corrected chi connectivity index (χ0v) is 17.2. The zero-order chi connectivity index (χ0) is 20.6. The normalized spacial score (nSPS) is 21.0. The van der Waals surface area contributed by atoms with E-state index in [1.54, 1.807) is 22.4 Å². The number of hydrogen-bond donors (Lipinski definition) is 0. The Morgan fingerprint density at radius 3 is 2.38 bits per heavy atom. The van der Waals surface area contributed by atoms with Gasteiger partial charge in [-0.05, 0) is 35.7 Å². The smallest absolute Gasteiger partial charge is 0.252 e. The summed E-state index contributed by atoms with van der Waals surface area (Å²) in [7, 11) is -3.52. The Morgan fingerprint density at radius 2 is 1.76 bits per heavy atom. The van der Waals surface area contributed by atoms with Crippen LogP contribution in [0.15, 0.2) is 46.0 Å². The average molecular weight is 438 g/mol. The third kappa shape index (κ3) is 3.92. The highest BCUT2D eigenvalue weighted by Gasteiger charge is 2.39. The second-order valence-electron chi connectivity index (χ2n) is 7.04. The van der Waals surface area contributed by atoms with Gasteiger partial charge in [0.05, 0.1) is 5.92 Å². The summed E-state index contributed by atoms with van der Waals surface area (Å²) in [5, 5.41) is 1.72. The van der Waals surface area contributed by atoms with E-state index in [0.29, 0.717) is 23.0 Å². The number of nitrogens with zero attached hydrogens (tertiary/aromatic N) is 3. The molecule has 0 saturated carbocycles. The topological polar surface area (TPSA) is 78.0 Å². The van der Waals surface area contributed by atoms with Gasteiger partial charge in [0.25, 0.3) is 10.0 Å². The van der Waals surface area contributed by atoms with Gasteiger partial charge in [0, 0.05) is 44.8 Å². The minimum atomic E-state index is -3.52. The molecule has 0 bridgehead atoms. The molecule has 29 heavy (non-hydrogen) atoms. The first-order valence-corrected chi connectivity index (χ1v) is 11.6. The molecule has 1 atom stereocenters. The summed E-state index contributed by atoms with van der Waals surface area (Å²) in [5.41, 5.74) is 0.568. The summed E-state index contributed by atoms with van der Waals surface area (Å²) in [6.07, 6.45) is 0.101. The predicted molar refractivity (Wildman–Crippen MR) is 107 cm³/mol. The molecule has 7 nitrogen and oxygen atoms in total. The van der Waals surface area contributed by atoms with Gasteiger partial charge in [-0.1, -0.05) is 6.07 Å². The number of piperazine rings is 1. The van der Waals surface area contributed by atoms with Crippen LogP contribution < -0.4 is 4.90 Å². The molecule has 10 heteroatoms. The molecule has 2 amide bonds. The van der Waals surface area contributed by atoms with Crippen molar-refractivity contribution in [1.82, 2.24) is 9.21 Å². The summed E-state index contributed by atoms with van der Waals surface area (Å²) in [5.74, 6) is -1.18. The van der Waals surface area contributed by atoms with Gasteiger partial charge in [-0.2, -0.15) is 4.31 Å². The van der Waals surface area contributed by atoms with E-state index in [1.807, 2.05) is 0 Å². The standard InChI is InChI=1S/C19H20FN3O4S2/c20-15-3-5-16(6-4-15)23-13-14(12-17(23)24)19(25)21-7-9-22(10-8-21)29(26,27)18-2-1-11-28-18/h1-6,11,14H,7-10,12-13H2/t14-/m1/s1. The van der Waals surface area contributed by atoms with E-state index in [-0.39, 0.29) is 43.7 Å². The second-order valence-corrected chi connectivity index (χ2v) is 10.2. The van der Waals surface area contributed by atoms with E-state index < -0.39 is 15.9 Å². The molecule has 0 spiro atoms. The van der Waals surface area contributed by atoms with Gasteiger partial charge in [0.15, 0.2) is 0 Å². The van der Waals surface area contributed by atoms with Crippen LogP contribution in [0.5, 0.6) is 0 Å². The van der Waals surface area contributed by atoms with E-state index in [4.69, 9.17) is 0 Å². The van der Waals surface area contributed by atoms with Gasteiger partial charge in [-0.15, -0.1) is 11.3 Å². The summed E-state index contributed by atoms with van der Waals surface area (Å²) < 4.78 is 40.0. The summed E-state index contributed by atoms with van der Waals surface area (Å²) >= 11 is 1.17. The van der Waals surface area contributed by atoms with Crippen molar-refractivity contribution < 1.29 is 22.4 Å². The average Bonchev–Trinajstić information content (AvgIpc) is 3.39. The molecule has 0 N–H and O–H groups in total. The van der Waals surface area contributed by atoms with E-state index in [9.17, 15) is 22.4 Å². The molecule has 1 aromatic heterocycles. The van der Waals surface area contributed by atoms with Gasteiger partial charge >= 0.3 is 0 Å². The number of thiophene rings is 1. The second kappa shape index (κ2) is 7.85. The lowest BCUT2D eigenvalue weighted by Gasteiger charge is -2.34. The molecule has 2 saturated heterocycles. The number of hydrogen-bond acceptors (Lipinski definition) is 5. The SMILES string of the molecule is O=C([C@@H]1CC(=O)N(c2ccc(F)cc2)C1)N1CCN(S(=O)(=O)c2cccs2)CC1. The van der Waals surface area contributed by atoms with Crippen molar-refractivity contribution in [3.63, 3.8) is 0 Å². The molecule has 2 aliphatic rings. The van der Waals surface area contributed by atoms with Crippen molar-refractivity contribution >= 4 is 38.9 Å². The Kier molecular flexibility index (Phi) is 5.41. The summed E-state index contributed by atoms with van der Waals surface area (Å²) in [6.45, 7) is 1.30. The summed E-state index contributed by atoms with van der Waals surface area (Å²) in [4.78, 5) is 28.4. The van der Waals surface area contributed by atoms with E-state index in [2.05, 4.69) is 0 Å². The number of anilines is 1. The monoisotopic (exact) mass is 437 g/mol. The lowest BCUT2D eigenvalue weighted by Crippen LogP contribution is -2.52. The number of halogens is 1. The highest BCUT2D eigenvalue weighted by molar-refractivity contribution is 7.91. The van der Waals surface area contributed by atoms with Crippen LogP contribution in [0.1, 0.15) is 6.42 Å². The minimum absolute atomic E-state index is 0.101. The van der Waals surface area contributed by atoms with Crippen LogP contribution in [-0.4, -0.2) is 62.2 Å². The quantitative estimate of drug-likeness (QED) is 0.731. The number of benzene rings is 1. The van der Waals surface area contributed by atoms with Crippen LogP contribution in [-0.2, 0) is 19.6 Å². The van der Waals surface area contributed by atoms with Gasteiger partial charge in [0.2, 0.25) is 11.8 Å². The maximum absolute atomic E-state index is 13.1.